The zero-order valence-corrected chi connectivity index (χ0v) is 12.6. The first-order valence-electron chi connectivity index (χ1n) is 6.33. The number of esters is 1. The van der Waals surface area contributed by atoms with E-state index in [4.69, 9.17) is 18.9 Å². The predicted octanol–water partition coefficient (Wildman–Crippen LogP) is 1.69. The van der Waals surface area contributed by atoms with Crippen LogP contribution in [0.25, 0.3) is 0 Å². The molecule has 8 nitrogen and oxygen atoms in total. The summed E-state index contributed by atoms with van der Waals surface area (Å²) in [6.45, 7) is 9.83. The van der Waals surface area contributed by atoms with Crippen molar-refractivity contribution in [2.45, 2.75) is 39.3 Å². The maximum Gasteiger partial charge on any atom is 0.513 e. The van der Waals surface area contributed by atoms with Crippen molar-refractivity contribution in [3.63, 3.8) is 0 Å². The van der Waals surface area contributed by atoms with E-state index < -0.39 is 23.7 Å². The standard InChI is InChI=1S/C13H20O8/c1-9(2)10(14)16-6-7-17-13(8-18-21-13)20-11(15)19-12(3,4)5/h1,6-8H2,2-5H3. The lowest BCUT2D eigenvalue weighted by molar-refractivity contribution is -0.597. The molecule has 0 amide bonds. The van der Waals surface area contributed by atoms with E-state index in [-0.39, 0.29) is 25.4 Å². The molecule has 0 aliphatic carbocycles. The highest BCUT2D eigenvalue weighted by Crippen LogP contribution is 2.26. The summed E-state index contributed by atoms with van der Waals surface area (Å²) in [6, 6.07) is 0. The van der Waals surface area contributed by atoms with Crippen LogP contribution >= 0.6 is 0 Å². The van der Waals surface area contributed by atoms with Gasteiger partial charge < -0.3 is 18.9 Å². The van der Waals surface area contributed by atoms with E-state index in [0.717, 1.165) is 0 Å². The quantitative estimate of drug-likeness (QED) is 0.241. The second kappa shape index (κ2) is 6.88. The molecule has 1 atom stereocenters. The highest BCUT2D eigenvalue weighted by Gasteiger charge is 2.48. The van der Waals surface area contributed by atoms with E-state index in [1.807, 2.05) is 0 Å². The highest BCUT2D eigenvalue weighted by atomic mass is 17.3. The van der Waals surface area contributed by atoms with Gasteiger partial charge in [-0.15, -0.1) is 0 Å². The Labute approximate surface area is 122 Å². The first kappa shape index (κ1) is 17.4. The van der Waals surface area contributed by atoms with Crippen molar-refractivity contribution in [3.05, 3.63) is 12.2 Å². The molecule has 1 heterocycles. The molecule has 1 saturated heterocycles. The molecule has 0 aromatic rings. The number of carbonyl (C=O) groups excluding carboxylic acids is 2. The van der Waals surface area contributed by atoms with Crippen molar-refractivity contribution in [2.24, 2.45) is 0 Å². The molecule has 0 saturated carbocycles. The lowest BCUT2D eigenvalue weighted by atomic mass is 10.2. The molecule has 1 unspecified atom stereocenters. The molecular formula is C13H20O8. The summed E-state index contributed by atoms with van der Waals surface area (Å²) in [4.78, 5) is 31.8. The van der Waals surface area contributed by atoms with Gasteiger partial charge in [0.05, 0.1) is 6.61 Å². The fraction of sp³-hybridized carbons (Fsp3) is 0.692. The van der Waals surface area contributed by atoms with Crippen molar-refractivity contribution in [1.82, 2.24) is 0 Å². The Morgan fingerprint density at radius 3 is 2.33 bits per heavy atom. The Hall–Kier alpha value is -1.64. The Balaban J connectivity index is 2.34. The largest absolute Gasteiger partial charge is 0.513 e. The van der Waals surface area contributed by atoms with Crippen molar-refractivity contribution in [3.8, 4) is 0 Å². The second-order valence-corrected chi connectivity index (χ2v) is 5.36. The summed E-state index contributed by atoms with van der Waals surface area (Å²) in [5.74, 6) is -2.20. The highest BCUT2D eigenvalue weighted by molar-refractivity contribution is 5.86. The summed E-state index contributed by atoms with van der Waals surface area (Å²) in [7, 11) is 0. The van der Waals surface area contributed by atoms with E-state index in [0.29, 0.717) is 0 Å². The molecule has 1 aliphatic rings. The minimum Gasteiger partial charge on any atom is -0.460 e. The van der Waals surface area contributed by atoms with Crippen LogP contribution in [-0.2, 0) is 33.5 Å². The van der Waals surface area contributed by atoms with Crippen LogP contribution in [0.4, 0.5) is 4.79 Å². The van der Waals surface area contributed by atoms with Crippen LogP contribution in [0.15, 0.2) is 12.2 Å². The molecule has 0 spiro atoms. The summed E-state index contributed by atoms with van der Waals surface area (Å²) in [5.41, 5.74) is -0.433. The van der Waals surface area contributed by atoms with Gasteiger partial charge >= 0.3 is 18.1 Å². The van der Waals surface area contributed by atoms with Crippen molar-refractivity contribution < 1.29 is 38.3 Å². The van der Waals surface area contributed by atoms with Gasteiger partial charge in [-0.1, -0.05) is 6.58 Å². The lowest BCUT2D eigenvalue weighted by Crippen LogP contribution is -2.54. The lowest BCUT2D eigenvalue weighted by Gasteiger charge is -2.37. The molecule has 1 fully saturated rings. The van der Waals surface area contributed by atoms with Crippen LogP contribution in [0, 0.1) is 0 Å². The van der Waals surface area contributed by atoms with Crippen LogP contribution in [0.3, 0.4) is 0 Å². The Bertz CT molecular complexity index is 405. The minimum absolute atomic E-state index is 0.0471. The molecule has 0 aromatic heterocycles. The molecule has 21 heavy (non-hydrogen) atoms. The van der Waals surface area contributed by atoms with Gasteiger partial charge in [-0.3, -0.25) is 0 Å². The van der Waals surface area contributed by atoms with Crippen molar-refractivity contribution in [1.29, 1.82) is 0 Å². The maximum atomic E-state index is 11.5. The summed E-state index contributed by atoms with van der Waals surface area (Å²) in [6.07, 6.45) is -0.954. The van der Waals surface area contributed by atoms with Gasteiger partial charge in [0.1, 0.15) is 12.2 Å². The third kappa shape index (κ3) is 6.11. The van der Waals surface area contributed by atoms with Crippen LogP contribution < -0.4 is 0 Å². The topological polar surface area (TPSA) is 89.5 Å². The van der Waals surface area contributed by atoms with E-state index in [2.05, 4.69) is 16.4 Å². The third-order valence-electron chi connectivity index (χ3n) is 2.04. The van der Waals surface area contributed by atoms with Gasteiger partial charge in [-0.05, 0) is 27.7 Å². The van der Waals surface area contributed by atoms with Crippen LogP contribution in [0.1, 0.15) is 27.7 Å². The van der Waals surface area contributed by atoms with Gasteiger partial charge in [-0.2, -0.15) is 4.89 Å². The molecule has 0 bridgehead atoms. The maximum absolute atomic E-state index is 11.5. The Kier molecular flexibility index (Phi) is 5.70. The molecule has 1 rings (SSSR count). The summed E-state index contributed by atoms with van der Waals surface area (Å²) < 4.78 is 19.9. The molecule has 0 radical (unpaired) electrons. The average molecular weight is 304 g/mol. The van der Waals surface area contributed by atoms with E-state index in [1.165, 1.54) is 6.92 Å². The van der Waals surface area contributed by atoms with Gasteiger partial charge in [0.2, 0.25) is 0 Å². The van der Waals surface area contributed by atoms with Crippen molar-refractivity contribution >= 4 is 12.1 Å². The zero-order valence-electron chi connectivity index (χ0n) is 12.6. The molecule has 120 valence electrons. The second-order valence-electron chi connectivity index (χ2n) is 5.36. The number of hydrogen-bond acceptors (Lipinski definition) is 8. The van der Waals surface area contributed by atoms with Crippen molar-refractivity contribution in [2.75, 3.05) is 19.8 Å². The minimum atomic E-state index is -1.67. The first-order chi connectivity index (χ1) is 9.64. The van der Waals surface area contributed by atoms with Gasteiger partial charge in [0.15, 0.2) is 6.61 Å². The monoisotopic (exact) mass is 304 g/mol. The fourth-order valence-electron chi connectivity index (χ4n) is 1.15. The van der Waals surface area contributed by atoms with Crippen LogP contribution in [0.5, 0.6) is 0 Å². The smallest absolute Gasteiger partial charge is 0.460 e. The number of carbonyl (C=O) groups is 2. The Morgan fingerprint density at radius 2 is 1.90 bits per heavy atom. The Morgan fingerprint density at radius 1 is 1.29 bits per heavy atom. The van der Waals surface area contributed by atoms with Gasteiger partial charge in [0.25, 0.3) is 0 Å². The summed E-state index contributed by atoms with van der Waals surface area (Å²) in [5, 5.41) is 0. The average Bonchev–Trinajstić information content (AvgIpc) is 2.28. The number of rotatable bonds is 6. The molecule has 8 heteroatoms. The number of hydrogen-bond donors (Lipinski definition) is 0. The van der Waals surface area contributed by atoms with Gasteiger partial charge in [0, 0.05) is 5.57 Å². The van der Waals surface area contributed by atoms with Crippen LogP contribution in [-0.4, -0.2) is 43.5 Å². The molecular weight excluding hydrogens is 284 g/mol. The number of ether oxygens (including phenoxy) is 4. The molecule has 0 aromatic carbocycles. The van der Waals surface area contributed by atoms with Gasteiger partial charge in [-0.25, -0.2) is 14.5 Å². The molecule has 1 aliphatic heterocycles. The first-order valence-corrected chi connectivity index (χ1v) is 6.33. The van der Waals surface area contributed by atoms with E-state index in [1.54, 1.807) is 20.8 Å². The van der Waals surface area contributed by atoms with E-state index >= 15 is 0 Å². The van der Waals surface area contributed by atoms with Crippen LogP contribution in [0.2, 0.25) is 0 Å². The third-order valence-corrected chi connectivity index (χ3v) is 2.04. The van der Waals surface area contributed by atoms with E-state index in [9.17, 15) is 9.59 Å². The fourth-order valence-corrected chi connectivity index (χ4v) is 1.15. The SMILES string of the molecule is C=C(C)C(=O)OCCOC1(OC(=O)OC(C)(C)C)COO1. The normalized spacial score (nSPS) is 21.1. The zero-order chi connectivity index (χ0) is 16.1. The predicted molar refractivity (Wildman–Crippen MR) is 68.8 cm³/mol. The summed E-state index contributed by atoms with van der Waals surface area (Å²) >= 11 is 0. The molecule has 0 N–H and O–H groups in total.